The molecule has 0 radical (unpaired) electrons. The highest BCUT2D eigenvalue weighted by Gasteiger charge is 2.35. The first kappa shape index (κ1) is 17.1. The topological polar surface area (TPSA) is 98.9 Å². The van der Waals surface area contributed by atoms with Gasteiger partial charge in [-0.3, -0.25) is 14.7 Å². The summed E-state index contributed by atoms with van der Waals surface area (Å²) >= 11 is 5.70. The number of ether oxygens (including phenoxy) is 1. The van der Waals surface area contributed by atoms with E-state index in [-0.39, 0.29) is 29.5 Å². The molecular weight excluding hydrogens is 309 g/mol. The van der Waals surface area contributed by atoms with Gasteiger partial charge < -0.3 is 14.2 Å². The molecule has 1 aromatic carbocycles. The quantitative estimate of drug-likeness (QED) is 0.468. The van der Waals surface area contributed by atoms with Crippen LogP contribution in [0.3, 0.4) is 0 Å². The summed E-state index contributed by atoms with van der Waals surface area (Å²) in [6, 6.07) is 3.80. The SMILES string of the molecule is CCOC(c1ccc(Cl)c([N+](=O)[O-])c1)P(=O)(O)OCC. The summed E-state index contributed by atoms with van der Waals surface area (Å²) in [6.07, 6.45) is 0. The molecular formula is C11H15ClNO6P. The molecule has 7 nitrogen and oxygen atoms in total. The molecule has 9 heteroatoms. The molecule has 2 unspecified atom stereocenters. The van der Waals surface area contributed by atoms with Gasteiger partial charge in [-0.15, -0.1) is 0 Å². The van der Waals surface area contributed by atoms with Crippen LogP contribution in [-0.4, -0.2) is 23.0 Å². The van der Waals surface area contributed by atoms with E-state index in [1.54, 1.807) is 13.8 Å². The van der Waals surface area contributed by atoms with Gasteiger partial charge in [0.05, 0.1) is 11.5 Å². The molecule has 0 saturated heterocycles. The number of rotatable bonds is 7. The zero-order valence-corrected chi connectivity index (χ0v) is 12.6. The van der Waals surface area contributed by atoms with Crippen LogP contribution in [0.4, 0.5) is 5.69 Å². The molecule has 0 aliphatic rings. The Morgan fingerprint density at radius 1 is 1.45 bits per heavy atom. The minimum Gasteiger partial charge on any atom is -0.361 e. The lowest BCUT2D eigenvalue weighted by molar-refractivity contribution is -0.384. The summed E-state index contributed by atoms with van der Waals surface area (Å²) in [5.74, 6) is -1.29. The van der Waals surface area contributed by atoms with Crippen molar-refractivity contribution in [2.75, 3.05) is 13.2 Å². The minimum absolute atomic E-state index is 0.0209. The summed E-state index contributed by atoms with van der Waals surface area (Å²) in [5.41, 5.74) is -0.187. The van der Waals surface area contributed by atoms with Crippen molar-refractivity contribution < 1.29 is 23.6 Å². The first-order valence-corrected chi connectivity index (χ1v) is 7.88. The number of nitro groups is 1. The van der Waals surface area contributed by atoms with E-state index in [4.69, 9.17) is 20.9 Å². The minimum atomic E-state index is -4.09. The molecule has 0 aromatic heterocycles. The lowest BCUT2D eigenvalue weighted by Gasteiger charge is -2.22. The van der Waals surface area contributed by atoms with Gasteiger partial charge in [-0.2, -0.15) is 0 Å². The molecule has 0 saturated carbocycles. The Morgan fingerprint density at radius 2 is 2.10 bits per heavy atom. The van der Waals surface area contributed by atoms with Crippen molar-refractivity contribution in [1.82, 2.24) is 0 Å². The maximum atomic E-state index is 12.1. The smallest absolute Gasteiger partial charge is 0.361 e. The van der Waals surface area contributed by atoms with Gasteiger partial charge in [-0.25, -0.2) is 0 Å². The highest BCUT2D eigenvalue weighted by atomic mass is 35.5. The molecule has 1 N–H and O–H groups in total. The monoisotopic (exact) mass is 323 g/mol. The standard InChI is InChI=1S/C11H15ClNO6P/c1-3-18-11(20(16,17)19-4-2)8-5-6-9(12)10(7-8)13(14)15/h5-7,11H,3-4H2,1-2H3,(H,16,17). The van der Waals surface area contributed by atoms with E-state index in [0.29, 0.717) is 0 Å². The Morgan fingerprint density at radius 3 is 2.60 bits per heavy atom. The molecule has 1 aromatic rings. The molecule has 0 aliphatic heterocycles. The number of nitro benzene ring substituents is 1. The van der Waals surface area contributed by atoms with Crippen molar-refractivity contribution in [2.24, 2.45) is 0 Å². The van der Waals surface area contributed by atoms with Crippen molar-refractivity contribution in [3.05, 3.63) is 38.9 Å². The van der Waals surface area contributed by atoms with Crippen LogP contribution in [0.1, 0.15) is 25.3 Å². The summed E-state index contributed by atoms with van der Waals surface area (Å²) < 4.78 is 22.1. The predicted octanol–water partition coefficient (Wildman–Crippen LogP) is 3.51. The largest absolute Gasteiger partial charge is 0.361 e. The predicted molar refractivity (Wildman–Crippen MR) is 73.9 cm³/mol. The Labute approximate surface area is 121 Å². The summed E-state index contributed by atoms with van der Waals surface area (Å²) in [6.45, 7) is 3.38. The molecule has 0 spiro atoms. The highest BCUT2D eigenvalue weighted by Crippen LogP contribution is 2.57. The second-order valence-corrected chi connectivity index (χ2v) is 6.02. The molecule has 0 heterocycles. The van der Waals surface area contributed by atoms with Crippen LogP contribution in [0.2, 0.25) is 5.02 Å². The number of hydrogen-bond acceptors (Lipinski definition) is 5. The van der Waals surface area contributed by atoms with E-state index >= 15 is 0 Å². The molecule has 0 bridgehead atoms. The summed E-state index contributed by atoms with van der Waals surface area (Å²) in [7, 11) is -4.09. The van der Waals surface area contributed by atoms with E-state index in [9.17, 15) is 19.6 Å². The fourth-order valence-corrected chi connectivity index (χ4v) is 3.18. The Bertz CT molecular complexity index is 538. The zero-order valence-electron chi connectivity index (χ0n) is 11.0. The fraction of sp³-hybridized carbons (Fsp3) is 0.455. The van der Waals surface area contributed by atoms with Crippen LogP contribution in [0.15, 0.2) is 18.2 Å². The normalized spacial score (nSPS) is 15.6. The third kappa shape index (κ3) is 4.01. The van der Waals surface area contributed by atoms with Crippen LogP contribution < -0.4 is 0 Å². The van der Waals surface area contributed by atoms with Crippen molar-refractivity contribution >= 4 is 24.9 Å². The molecule has 20 heavy (non-hydrogen) atoms. The first-order chi connectivity index (χ1) is 9.33. The average Bonchev–Trinajstić information content (AvgIpc) is 2.36. The van der Waals surface area contributed by atoms with Gasteiger partial charge in [0.1, 0.15) is 5.02 Å². The number of nitrogens with zero attached hydrogens (tertiary/aromatic N) is 1. The maximum Gasteiger partial charge on any atom is 0.361 e. The highest BCUT2D eigenvalue weighted by molar-refractivity contribution is 7.53. The number of benzene rings is 1. The third-order valence-electron chi connectivity index (χ3n) is 2.39. The van der Waals surface area contributed by atoms with Crippen molar-refractivity contribution in [1.29, 1.82) is 0 Å². The lowest BCUT2D eigenvalue weighted by atomic mass is 10.2. The van der Waals surface area contributed by atoms with Crippen LogP contribution in [0, 0.1) is 10.1 Å². The van der Waals surface area contributed by atoms with Gasteiger partial charge in [-0.05, 0) is 25.5 Å². The molecule has 0 amide bonds. The average molecular weight is 324 g/mol. The number of halogens is 1. The van der Waals surface area contributed by atoms with Gasteiger partial charge in [0, 0.05) is 12.7 Å². The molecule has 112 valence electrons. The van der Waals surface area contributed by atoms with E-state index < -0.39 is 18.4 Å². The Hall–Kier alpha value is -0.980. The van der Waals surface area contributed by atoms with E-state index in [2.05, 4.69) is 0 Å². The second-order valence-electron chi connectivity index (χ2n) is 3.76. The van der Waals surface area contributed by atoms with E-state index in [1.165, 1.54) is 12.1 Å². The van der Waals surface area contributed by atoms with Gasteiger partial charge >= 0.3 is 7.60 Å². The third-order valence-corrected chi connectivity index (χ3v) is 4.37. The van der Waals surface area contributed by atoms with Crippen molar-refractivity contribution in [3.8, 4) is 0 Å². The van der Waals surface area contributed by atoms with Crippen molar-refractivity contribution in [3.63, 3.8) is 0 Å². The molecule has 0 aliphatic carbocycles. The summed E-state index contributed by atoms with van der Waals surface area (Å²) in [4.78, 5) is 20.0. The zero-order chi connectivity index (χ0) is 15.3. The van der Waals surface area contributed by atoms with Gasteiger partial charge in [0.25, 0.3) is 5.69 Å². The summed E-state index contributed by atoms with van der Waals surface area (Å²) in [5, 5.41) is 10.8. The molecule has 1 rings (SSSR count). The van der Waals surface area contributed by atoms with Crippen LogP contribution in [0.25, 0.3) is 0 Å². The van der Waals surface area contributed by atoms with E-state index in [1.807, 2.05) is 0 Å². The fourth-order valence-electron chi connectivity index (χ4n) is 1.61. The van der Waals surface area contributed by atoms with Crippen molar-refractivity contribution in [2.45, 2.75) is 19.7 Å². The van der Waals surface area contributed by atoms with Gasteiger partial charge in [0.2, 0.25) is 0 Å². The lowest BCUT2D eigenvalue weighted by Crippen LogP contribution is -2.08. The maximum absolute atomic E-state index is 12.1. The molecule has 0 fully saturated rings. The Kier molecular flexibility index (Phi) is 6.10. The number of hydrogen-bond donors (Lipinski definition) is 1. The van der Waals surface area contributed by atoms with Gasteiger partial charge in [0.15, 0.2) is 5.85 Å². The second kappa shape index (κ2) is 7.15. The van der Waals surface area contributed by atoms with Crippen LogP contribution in [-0.2, 0) is 13.8 Å². The van der Waals surface area contributed by atoms with Crippen LogP contribution in [0.5, 0.6) is 0 Å². The first-order valence-electron chi connectivity index (χ1n) is 5.86. The van der Waals surface area contributed by atoms with Crippen LogP contribution >= 0.6 is 19.2 Å². The Balaban J connectivity index is 3.25. The van der Waals surface area contributed by atoms with Gasteiger partial charge in [-0.1, -0.05) is 17.7 Å². The molecule has 2 atom stereocenters. The van der Waals surface area contributed by atoms with E-state index in [0.717, 1.165) is 6.07 Å².